The fraction of sp³-hybridized carbons (Fsp3) is 0.360. The number of aliphatic hydroxyl groups is 1. The first-order chi connectivity index (χ1) is 14.7. The number of ether oxygens (including phenoxy) is 2. The summed E-state index contributed by atoms with van der Waals surface area (Å²) in [6, 6.07) is 14.0. The molecule has 0 aliphatic carbocycles. The zero-order valence-corrected chi connectivity index (χ0v) is 18.6. The normalized spacial score (nSPS) is 16.6. The van der Waals surface area contributed by atoms with E-state index in [2.05, 4.69) is 0 Å². The second-order valence-electron chi connectivity index (χ2n) is 8.53. The van der Waals surface area contributed by atoms with Crippen LogP contribution in [-0.2, 0) is 16.1 Å². The molecule has 1 aliphatic heterocycles. The van der Waals surface area contributed by atoms with Gasteiger partial charge in [0.2, 0.25) is 0 Å². The smallest absolute Gasteiger partial charge is 0.290 e. The quantitative estimate of drug-likeness (QED) is 0.704. The summed E-state index contributed by atoms with van der Waals surface area (Å²) in [5.41, 5.74) is 0.989. The van der Waals surface area contributed by atoms with Crippen LogP contribution in [0.2, 0.25) is 0 Å². The number of nitrogens with zero attached hydrogens (tertiary/aromatic N) is 1. The van der Waals surface area contributed by atoms with Crippen molar-refractivity contribution in [3.8, 4) is 11.5 Å². The first kappa shape index (κ1) is 22.4. The van der Waals surface area contributed by atoms with Gasteiger partial charge in [0, 0.05) is 12.0 Å². The summed E-state index contributed by atoms with van der Waals surface area (Å²) in [6.07, 6.45) is 0. The number of carbonyl (C=O) groups is 2. The van der Waals surface area contributed by atoms with Gasteiger partial charge in [-0.15, -0.1) is 0 Å². The lowest BCUT2D eigenvalue weighted by Gasteiger charge is -2.29. The molecule has 0 fully saturated rings. The Morgan fingerprint density at radius 3 is 2.13 bits per heavy atom. The molecule has 3 rings (SSSR count). The highest BCUT2D eigenvalue weighted by Gasteiger charge is 2.45. The molecule has 0 aromatic heterocycles. The molecular formula is C25H29NO5. The van der Waals surface area contributed by atoms with Gasteiger partial charge >= 0.3 is 0 Å². The van der Waals surface area contributed by atoms with Crippen LogP contribution in [0.3, 0.4) is 0 Å². The van der Waals surface area contributed by atoms with Gasteiger partial charge in [-0.1, -0.05) is 45.0 Å². The van der Waals surface area contributed by atoms with Gasteiger partial charge in [0.1, 0.15) is 11.5 Å². The summed E-state index contributed by atoms with van der Waals surface area (Å²) in [5, 5.41) is 10.7. The SMILES string of the molecule is CCOc1ccc(C2C(C(=O)C(C)(C)C)=C(O)C(=O)N2Cc2ccc(OC)cc2)cc1. The Morgan fingerprint density at radius 1 is 1.03 bits per heavy atom. The number of Topliss-reactive ketones (excluding diaryl/α,β-unsaturated/α-hetero) is 1. The largest absolute Gasteiger partial charge is 0.503 e. The Morgan fingerprint density at radius 2 is 1.61 bits per heavy atom. The minimum Gasteiger partial charge on any atom is -0.503 e. The van der Waals surface area contributed by atoms with E-state index >= 15 is 0 Å². The van der Waals surface area contributed by atoms with E-state index in [-0.39, 0.29) is 17.9 Å². The molecule has 0 radical (unpaired) electrons. The van der Waals surface area contributed by atoms with Crippen LogP contribution in [0.4, 0.5) is 0 Å². The first-order valence-corrected chi connectivity index (χ1v) is 10.3. The van der Waals surface area contributed by atoms with E-state index in [4.69, 9.17) is 9.47 Å². The van der Waals surface area contributed by atoms with E-state index in [1.54, 1.807) is 27.9 Å². The van der Waals surface area contributed by atoms with E-state index in [0.29, 0.717) is 18.1 Å². The molecule has 1 N–H and O–H groups in total. The number of carbonyl (C=O) groups excluding carboxylic acids is 2. The third-order valence-corrected chi connectivity index (χ3v) is 5.25. The second-order valence-corrected chi connectivity index (χ2v) is 8.53. The molecule has 0 spiro atoms. The summed E-state index contributed by atoms with van der Waals surface area (Å²) in [7, 11) is 1.59. The van der Waals surface area contributed by atoms with E-state index in [9.17, 15) is 14.7 Å². The van der Waals surface area contributed by atoms with Crippen molar-refractivity contribution in [2.24, 2.45) is 5.41 Å². The summed E-state index contributed by atoms with van der Waals surface area (Å²) >= 11 is 0. The van der Waals surface area contributed by atoms with Gasteiger partial charge in [-0.2, -0.15) is 0 Å². The zero-order valence-electron chi connectivity index (χ0n) is 18.6. The summed E-state index contributed by atoms with van der Waals surface area (Å²) < 4.78 is 10.7. The molecule has 1 heterocycles. The van der Waals surface area contributed by atoms with Crippen molar-refractivity contribution in [3.05, 3.63) is 71.0 Å². The highest BCUT2D eigenvalue weighted by atomic mass is 16.5. The van der Waals surface area contributed by atoms with Crippen molar-refractivity contribution >= 4 is 11.7 Å². The summed E-state index contributed by atoms with van der Waals surface area (Å²) in [5.74, 6) is 0.127. The molecule has 1 amide bonds. The predicted octanol–water partition coefficient (Wildman–Crippen LogP) is 4.60. The number of methoxy groups -OCH3 is 1. The minimum atomic E-state index is -0.747. The molecule has 6 heteroatoms. The third-order valence-electron chi connectivity index (χ3n) is 5.25. The Hall–Kier alpha value is -3.28. The van der Waals surface area contributed by atoms with Crippen LogP contribution in [0.25, 0.3) is 0 Å². The molecule has 1 aliphatic rings. The summed E-state index contributed by atoms with van der Waals surface area (Å²) in [6.45, 7) is 8.02. The number of benzene rings is 2. The van der Waals surface area contributed by atoms with E-state index < -0.39 is 23.1 Å². The lowest BCUT2D eigenvalue weighted by molar-refractivity contribution is -0.130. The highest BCUT2D eigenvalue weighted by Crippen LogP contribution is 2.42. The fourth-order valence-corrected chi connectivity index (χ4v) is 3.64. The van der Waals surface area contributed by atoms with E-state index in [1.807, 2.05) is 55.5 Å². The minimum absolute atomic E-state index is 0.134. The van der Waals surface area contributed by atoms with Crippen molar-refractivity contribution in [3.63, 3.8) is 0 Å². The van der Waals surface area contributed by atoms with Crippen LogP contribution in [0.15, 0.2) is 59.9 Å². The first-order valence-electron chi connectivity index (χ1n) is 10.3. The fourth-order valence-electron chi connectivity index (χ4n) is 3.64. The Bertz CT molecular complexity index is 984. The van der Waals surface area contributed by atoms with Gasteiger partial charge in [-0.05, 0) is 42.3 Å². The topological polar surface area (TPSA) is 76.1 Å². The van der Waals surface area contributed by atoms with Crippen LogP contribution in [0, 0.1) is 5.41 Å². The van der Waals surface area contributed by atoms with Crippen molar-refractivity contribution < 1.29 is 24.2 Å². The average molecular weight is 424 g/mol. The standard InChI is InChI=1S/C25H29NO5/c1-6-31-19-13-9-17(10-14-19)21-20(23(28)25(2,3)4)22(27)24(29)26(21)15-16-7-11-18(30-5)12-8-16/h7-14,21,27H,6,15H2,1-5H3. The summed E-state index contributed by atoms with van der Waals surface area (Å²) in [4.78, 5) is 27.8. The van der Waals surface area contributed by atoms with Crippen LogP contribution < -0.4 is 9.47 Å². The number of aliphatic hydroxyl groups excluding tert-OH is 1. The number of amides is 1. The average Bonchev–Trinajstić information content (AvgIpc) is 2.98. The molecule has 6 nitrogen and oxygen atoms in total. The Labute approximate surface area is 183 Å². The van der Waals surface area contributed by atoms with Crippen LogP contribution in [0.5, 0.6) is 11.5 Å². The molecular weight excluding hydrogens is 394 g/mol. The lowest BCUT2D eigenvalue weighted by atomic mass is 9.82. The van der Waals surface area contributed by atoms with Crippen LogP contribution >= 0.6 is 0 Å². The monoisotopic (exact) mass is 423 g/mol. The van der Waals surface area contributed by atoms with Gasteiger partial charge in [0.15, 0.2) is 11.5 Å². The molecule has 31 heavy (non-hydrogen) atoms. The van der Waals surface area contributed by atoms with Gasteiger partial charge < -0.3 is 19.5 Å². The maximum absolute atomic E-state index is 13.2. The van der Waals surface area contributed by atoms with Crippen LogP contribution in [0.1, 0.15) is 44.9 Å². The number of hydrogen-bond acceptors (Lipinski definition) is 5. The zero-order chi connectivity index (χ0) is 22.8. The molecule has 0 bridgehead atoms. The molecule has 1 unspecified atom stereocenters. The number of hydrogen-bond donors (Lipinski definition) is 1. The predicted molar refractivity (Wildman–Crippen MR) is 118 cm³/mol. The molecule has 2 aromatic rings. The van der Waals surface area contributed by atoms with Crippen molar-refractivity contribution in [2.45, 2.75) is 40.3 Å². The van der Waals surface area contributed by atoms with Crippen molar-refractivity contribution in [2.75, 3.05) is 13.7 Å². The third kappa shape index (κ3) is 4.58. The van der Waals surface area contributed by atoms with Gasteiger partial charge in [-0.25, -0.2) is 0 Å². The Kier molecular flexibility index (Phi) is 6.39. The van der Waals surface area contributed by atoms with Crippen LogP contribution in [-0.4, -0.2) is 35.4 Å². The maximum atomic E-state index is 13.2. The Balaban J connectivity index is 2.03. The molecule has 164 valence electrons. The lowest BCUT2D eigenvalue weighted by Crippen LogP contribution is -2.32. The number of ketones is 1. The number of rotatable bonds is 7. The molecule has 0 saturated heterocycles. The highest BCUT2D eigenvalue weighted by molar-refractivity contribution is 6.10. The van der Waals surface area contributed by atoms with Crippen molar-refractivity contribution in [1.29, 1.82) is 0 Å². The van der Waals surface area contributed by atoms with Gasteiger partial charge in [-0.3, -0.25) is 9.59 Å². The molecule has 2 aromatic carbocycles. The van der Waals surface area contributed by atoms with Gasteiger partial charge in [0.05, 0.1) is 25.3 Å². The van der Waals surface area contributed by atoms with E-state index in [0.717, 1.165) is 11.1 Å². The molecule has 0 saturated carbocycles. The van der Waals surface area contributed by atoms with Gasteiger partial charge in [0.25, 0.3) is 5.91 Å². The van der Waals surface area contributed by atoms with E-state index in [1.165, 1.54) is 4.90 Å². The second kappa shape index (κ2) is 8.84. The maximum Gasteiger partial charge on any atom is 0.290 e. The molecule has 1 atom stereocenters. The van der Waals surface area contributed by atoms with Crippen molar-refractivity contribution in [1.82, 2.24) is 4.90 Å².